The lowest BCUT2D eigenvalue weighted by Crippen LogP contribution is -2.17. The van der Waals surface area contributed by atoms with E-state index >= 15 is 0 Å². The maximum atomic E-state index is 12.7. The van der Waals surface area contributed by atoms with Crippen molar-refractivity contribution in [3.8, 4) is 11.5 Å². The van der Waals surface area contributed by atoms with Gasteiger partial charge in [0.05, 0.1) is 24.4 Å². The molecule has 2 aromatic carbocycles. The van der Waals surface area contributed by atoms with E-state index in [1.807, 2.05) is 6.92 Å². The van der Waals surface area contributed by atoms with Crippen LogP contribution in [0.15, 0.2) is 41.3 Å². The average molecular weight is 409 g/mol. The lowest BCUT2D eigenvalue weighted by Gasteiger charge is -2.15. The van der Waals surface area contributed by atoms with E-state index in [9.17, 15) is 9.59 Å². The zero-order valence-corrected chi connectivity index (χ0v) is 17.1. The van der Waals surface area contributed by atoms with Gasteiger partial charge in [0, 0.05) is 24.6 Å². The quantitative estimate of drug-likeness (QED) is 0.697. The lowest BCUT2D eigenvalue weighted by molar-refractivity contribution is 0.102. The van der Waals surface area contributed by atoms with Crippen LogP contribution in [-0.4, -0.2) is 43.9 Å². The van der Waals surface area contributed by atoms with Crippen molar-refractivity contribution in [1.82, 2.24) is 4.90 Å². The maximum absolute atomic E-state index is 12.7. The van der Waals surface area contributed by atoms with Gasteiger partial charge in [-0.3, -0.25) is 9.59 Å². The lowest BCUT2D eigenvalue weighted by atomic mass is 10.1. The first-order valence-corrected chi connectivity index (χ1v) is 9.36. The summed E-state index contributed by atoms with van der Waals surface area (Å²) in [6.07, 6.45) is 0. The first kappa shape index (κ1) is 20.9. The summed E-state index contributed by atoms with van der Waals surface area (Å²) in [6, 6.07) is 10.2. The average Bonchev–Trinajstić information content (AvgIpc) is 2.64. The predicted octanol–water partition coefficient (Wildman–Crippen LogP) is 4.77. The first-order chi connectivity index (χ1) is 12.9. The molecule has 2 aromatic rings. The number of rotatable bonds is 6. The van der Waals surface area contributed by atoms with Gasteiger partial charge in [0.2, 0.25) is 0 Å². The second kappa shape index (κ2) is 9.53. The zero-order valence-electron chi connectivity index (χ0n) is 15.5. The molecule has 0 aromatic heterocycles. The summed E-state index contributed by atoms with van der Waals surface area (Å²) in [7, 11) is 4.82. The number of methoxy groups -OCH3 is 1. The molecule has 0 atom stereocenters. The van der Waals surface area contributed by atoms with Gasteiger partial charge in [0.15, 0.2) is 11.5 Å². The summed E-state index contributed by atoms with van der Waals surface area (Å²) >= 11 is 7.27. The second-order valence-electron chi connectivity index (χ2n) is 5.64. The third-order valence-corrected chi connectivity index (χ3v) is 4.87. The summed E-state index contributed by atoms with van der Waals surface area (Å²) in [5.41, 5.74) is 0.853. The molecule has 1 N–H and O–H groups in total. The molecule has 0 saturated heterocycles. The van der Waals surface area contributed by atoms with Crippen molar-refractivity contribution in [3.63, 3.8) is 0 Å². The smallest absolute Gasteiger partial charge is 0.286 e. The molecule has 0 bridgehead atoms. The molecule has 0 aliphatic carbocycles. The van der Waals surface area contributed by atoms with Crippen molar-refractivity contribution in [2.24, 2.45) is 0 Å². The molecular formula is C19H21ClN2O4S. The van der Waals surface area contributed by atoms with Gasteiger partial charge < -0.3 is 19.7 Å². The summed E-state index contributed by atoms with van der Waals surface area (Å²) in [4.78, 5) is 26.8. The molecule has 8 heteroatoms. The Bertz CT molecular complexity index is 842. The normalized spacial score (nSPS) is 10.3. The molecule has 0 saturated carbocycles. The van der Waals surface area contributed by atoms with E-state index < -0.39 is 0 Å². The number of halogens is 1. The Morgan fingerprint density at radius 1 is 1.22 bits per heavy atom. The molecule has 2 rings (SSSR count). The molecule has 0 aliphatic rings. The number of benzene rings is 2. The standard InChI is InChI=1S/C19H21ClN2O4S/c1-5-26-17-13(20)10-12(11-15(17)25-4)18(23)21-14-8-6-7-9-16(14)27-19(24)22(2)3/h6-11H,5H2,1-4H3,(H,21,23). The number of hydrogen-bond acceptors (Lipinski definition) is 5. The van der Waals surface area contributed by atoms with Crippen molar-refractivity contribution >= 4 is 40.2 Å². The number of carbonyl (C=O) groups excluding carboxylic acids is 2. The molecule has 0 unspecified atom stereocenters. The van der Waals surface area contributed by atoms with E-state index in [1.54, 1.807) is 44.4 Å². The van der Waals surface area contributed by atoms with Gasteiger partial charge in [-0.2, -0.15) is 0 Å². The Morgan fingerprint density at radius 2 is 1.93 bits per heavy atom. The first-order valence-electron chi connectivity index (χ1n) is 8.17. The Morgan fingerprint density at radius 3 is 2.56 bits per heavy atom. The Kier molecular flexibility index (Phi) is 7.38. The van der Waals surface area contributed by atoms with Gasteiger partial charge in [-0.25, -0.2) is 0 Å². The molecule has 27 heavy (non-hydrogen) atoms. The van der Waals surface area contributed by atoms with Crippen LogP contribution in [-0.2, 0) is 0 Å². The molecular weight excluding hydrogens is 388 g/mol. The minimum atomic E-state index is -0.372. The zero-order chi connectivity index (χ0) is 20.0. The maximum Gasteiger partial charge on any atom is 0.286 e. The fraction of sp³-hybridized carbons (Fsp3) is 0.263. The van der Waals surface area contributed by atoms with Crippen LogP contribution in [0.3, 0.4) is 0 Å². The van der Waals surface area contributed by atoms with Gasteiger partial charge in [0.25, 0.3) is 11.1 Å². The Labute approximate surface area is 167 Å². The van der Waals surface area contributed by atoms with E-state index in [1.165, 1.54) is 18.1 Å². The van der Waals surface area contributed by atoms with E-state index in [2.05, 4.69) is 5.32 Å². The van der Waals surface area contributed by atoms with E-state index in [0.29, 0.717) is 34.3 Å². The van der Waals surface area contributed by atoms with Crippen LogP contribution in [0.25, 0.3) is 0 Å². The molecule has 0 heterocycles. The van der Waals surface area contributed by atoms with Crippen LogP contribution >= 0.6 is 23.4 Å². The number of ether oxygens (including phenoxy) is 2. The molecule has 0 spiro atoms. The van der Waals surface area contributed by atoms with Gasteiger partial charge in [-0.05, 0) is 43.0 Å². The molecule has 6 nitrogen and oxygen atoms in total. The highest BCUT2D eigenvalue weighted by Gasteiger charge is 2.17. The number of nitrogens with one attached hydrogen (secondary N) is 1. The number of nitrogens with zero attached hydrogens (tertiary/aromatic N) is 1. The van der Waals surface area contributed by atoms with Crippen molar-refractivity contribution in [3.05, 3.63) is 47.0 Å². The minimum absolute atomic E-state index is 0.137. The van der Waals surface area contributed by atoms with Crippen LogP contribution in [0, 0.1) is 0 Å². The number of hydrogen-bond donors (Lipinski definition) is 1. The van der Waals surface area contributed by atoms with E-state index in [-0.39, 0.29) is 16.2 Å². The molecule has 2 amide bonds. The number of anilines is 1. The summed E-state index contributed by atoms with van der Waals surface area (Å²) in [5.74, 6) is 0.397. The SMILES string of the molecule is CCOc1c(Cl)cc(C(=O)Nc2ccccc2SC(=O)N(C)C)cc1OC. The highest BCUT2D eigenvalue weighted by molar-refractivity contribution is 8.13. The number of thioether (sulfide) groups is 1. The van der Waals surface area contributed by atoms with Gasteiger partial charge in [0.1, 0.15) is 0 Å². The highest BCUT2D eigenvalue weighted by atomic mass is 35.5. The van der Waals surface area contributed by atoms with Gasteiger partial charge >= 0.3 is 0 Å². The molecule has 0 fully saturated rings. The van der Waals surface area contributed by atoms with Crippen LogP contribution < -0.4 is 14.8 Å². The third-order valence-electron chi connectivity index (χ3n) is 3.48. The highest BCUT2D eigenvalue weighted by Crippen LogP contribution is 2.37. The fourth-order valence-corrected chi connectivity index (χ4v) is 3.19. The van der Waals surface area contributed by atoms with E-state index in [0.717, 1.165) is 11.8 Å². The van der Waals surface area contributed by atoms with Crippen molar-refractivity contribution in [2.75, 3.05) is 33.1 Å². The minimum Gasteiger partial charge on any atom is -0.493 e. The van der Waals surface area contributed by atoms with Crippen LogP contribution in [0.2, 0.25) is 5.02 Å². The number of amides is 2. The molecule has 144 valence electrons. The number of carbonyl (C=O) groups is 2. The van der Waals surface area contributed by atoms with Crippen LogP contribution in [0.5, 0.6) is 11.5 Å². The third kappa shape index (κ3) is 5.30. The fourth-order valence-electron chi connectivity index (χ4n) is 2.17. The van der Waals surface area contributed by atoms with E-state index in [4.69, 9.17) is 21.1 Å². The second-order valence-corrected chi connectivity index (χ2v) is 7.04. The molecule has 0 aliphatic heterocycles. The van der Waals surface area contributed by atoms with Crippen LogP contribution in [0.1, 0.15) is 17.3 Å². The largest absolute Gasteiger partial charge is 0.493 e. The van der Waals surface area contributed by atoms with Gasteiger partial charge in [-0.1, -0.05) is 23.7 Å². The summed E-state index contributed by atoms with van der Waals surface area (Å²) in [6.45, 7) is 2.26. The molecule has 0 radical (unpaired) electrons. The van der Waals surface area contributed by atoms with Crippen molar-refractivity contribution < 1.29 is 19.1 Å². The van der Waals surface area contributed by atoms with Crippen molar-refractivity contribution in [2.45, 2.75) is 11.8 Å². The number of para-hydroxylation sites is 1. The Balaban J connectivity index is 2.28. The predicted molar refractivity (Wildman–Crippen MR) is 109 cm³/mol. The summed E-state index contributed by atoms with van der Waals surface area (Å²) in [5, 5.41) is 2.96. The summed E-state index contributed by atoms with van der Waals surface area (Å²) < 4.78 is 10.7. The topological polar surface area (TPSA) is 67.9 Å². The monoisotopic (exact) mass is 408 g/mol. The van der Waals surface area contributed by atoms with Crippen molar-refractivity contribution in [1.29, 1.82) is 0 Å². The van der Waals surface area contributed by atoms with Crippen LogP contribution in [0.4, 0.5) is 10.5 Å². The van der Waals surface area contributed by atoms with Gasteiger partial charge in [-0.15, -0.1) is 0 Å². The Hall–Kier alpha value is -2.38.